The van der Waals surface area contributed by atoms with Crippen molar-refractivity contribution in [2.75, 3.05) is 19.7 Å². The summed E-state index contributed by atoms with van der Waals surface area (Å²) in [4.78, 5) is 30.5. The van der Waals surface area contributed by atoms with Crippen molar-refractivity contribution in [1.82, 2.24) is 4.90 Å². The van der Waals surface area contributed by atoms with Crippen molar-refractivity contribution in [1.29, 1.82) is 0 Å². The second kappa shape index (κ2) is 15.3. The predicted octanol–water partition coefficient (Wildman–Crippen LogP) is 10.3. The van der Waals surface area contributed by atoms with Gasteiger partial charge in [-0.1, -0.05) is 85.3 Å². The molecule has 2 N–H and O–H groups in total. The zero-order valence-corrected chi connectivity index (χ0v) is 33.3. The smallest absolute Gasteiger partial charge is 0.409 e. The standard InChI is InChI=1S/C49H61NO5/c1-4-55-46(53)50(31-48-28-35-23-36(29-48)25-37(24-35)30-48)32-49(54)22-20-44-42-19-13-34(26-41(51)18-12-33(2)9-8-21-47(44,49)3)27-43(42)45(52)40-16-14-39(15-17-40)38-10-6-5-7-11-38/h5-7,9-11,13-17,19,27,35-37,41,44,51,54H,4,8,12,18,20-26,28-32H2,1-3H3/t35?,36?,37?,41-,44-,47-,48?,49+/m0/s1. The highest BCUT2D eigenvalue weighted by molar-refractivity contribution is 6.10. The Bertz CT molecular complexity index is 1860. The molecule has 0 heterocycles. The summed E-state index contributed by atoms with van der Waals surface area (Å²) in [5.74, 6) is 2.13. The van der Waals surface area contributed by atoms with Gasteiger partial charge in [0.1, 0.15) is 0 Å². The number of benzene rings is 3. The number of hydrogen-bond donors (Lipinski definition) is 2. The first-order chi connectivity index (χ1) is 26.5. The molecule has 1 amide bonds. The van der Waals surface area contributed by atoms with Crippen molar-refractivity contribution < 1.29 is 24.5 Å². The molecule has 292 valence electrons. The van der Waals surface area contributed by atoms with Crippen LogP contribution in [0.25, 0.3) is 11.1 Å². The number of aliphatic hydroxyl groups excluding tert-OH is 1. The summed E-state index contributed by atoms with van der Waals surface area (Å²) in [6.45, 7) is 7.41. The largest absolute Gasteiger partial charge is 0.450 e. The molecule has 0 saturated heterocycles. The number of nitrogens with zero attached hydrogens (tertiary/aromatic N) is 1. The minimum Gasteiger partial charge on any atom is -0.450 e. The van der Waals surface area contributed by atoms with Gasteiger partial charge in [-0.05, 0) is 155 Å². The van der Waals surface area contributed by atoms with Gasteiger partial charge in [-0.25, -0.2) is 4.79 Å². The van der Waals surface area contributed by atoms with E-state index in [1.54, 1.807) is 0 Å². The summed E-state index contributed by atoms with van der Waals surface area (Å²) in [5, 5.41) is 24.3. The molecule has 6 bridgehead atoms. The Balaban J connectivity index is 1.16. The lowest BCUT2D eigenvalue weighted by Gasteiger charge is -2.58. The van der Waals surface area contributed by atoms with E-state index in [4.69, 9.17) is 4.74 Å². The van der Waals surface area contributed by atoms with E-state index in [2.05, 4.69) is 44.2 Å². The molecule has 7 aliphatic carbocycles. The molecule has 0 unspecified atom stereocenters. The van der Waals surface area contributed by atoms with E-state index in [0.717, 1.165) is 52.8 Å². The topological polar surface area (TPSA) is 87.1 Å². The van der Waals surface area contributed by atoms with Gasteiger partial charge in [0.2, 0.25) is 0 Å². The van der Waals surface area contributed by atoms with Crippen molar-refractivity contribution in [2.24, 2.45) is 28.6 Å². The first-order valence-electron chi connectivity index (χ1n) is 21.3. The van der Waals surface area contributed by atoms with Gasteiger partial charge in [0.05, 0.1) is 24.9 Å². The maximum atomic E-state index is 14.7. The Kier molecular flexibility index (Phi) is 10.6. The molecule has 0 radical (unpaired) electrons. The average molecular weight is 744 g/mol. The first-order valence-corrected chi connectivity index (χ1v) is 21.3. The molecule has 3 aromatic carbocycles. The van der Waals surface area contributed by atoms with Gasteiger partial charge in [-0.15, -0.1) is 0 Å². The van der Waals surface area contributed by atoms with E-state index in [0.29, 0.717) is 56.4 Å². The SMILES string of the molecule is CCOC(=O)N(CC12CC3CC(CC(C3)C1)C2)C[C@]1(O)CC[C@H]2c3ccc(cc3C(=O)c3ccc(-c4ccccc4)cc3)C[C@@H](O)CCC(C)=CCC[C@@]21C. The van der Waals surface area contributed by atoms with Crippen molar-refractivity contribution in [3.8, 4) is 11.1 Å². The van der Waals surface area contributed by atoms with Crippen LogP contribution in [0.1, 0.15) is 131 Å². The molecule has 4 atom stereocenters. The summed E-state index contributed by atoms with van der Waals surface area (Å²) in [7, 11) is 0. The quantitative estimate of drug-likeness (QED) is 0.177. The number of ketones is 1. The molecule has 5 fully saturated rings. The van der Waals surface area contributed by atoms with Crippen LogP contribution in [-0.2, 0) is 11.2 Å². The lowest BCUT2D eigenvalue weighted by Crippen LogP contribution is -2.58. The number of hydrogen-bond acceptors (Lipinski definition) is 5. The Morgan fingerprint density at radius 2 is 1.53 bits per heavy atom. The summed E-state index contributed by atoms with van der Waals surface area (Å²) >= 11 is 0. The highest BCUT2D eigenvalue weighted by atomic mass is 16.6. The number of ether oxygens (including phenoxy) is 1. The summed E-state index contributed by atoms with van der Waals surface area (Å²) in [5.41, 5.74) is 4.87. The second-order valence-electron chi connectivity index (χ2n) is 18.7. The predicted molar refractivity (Wildman–Crippen MR) is 218 cm³/mol. The van der Waals surface area contributed by atoms with Crippen LogP contribution in [0.2, 0.25) is 0 Å². The Hall–Kier alpha value is -3.74. The van der Waals surface area contributed by atoms with E-state index in [9.17, 15) is 19.8 Å². The number of amides is 1. The summed E-state index contributed by atoms with van der Waals surface area (Å²) in [6, 6.07) is 24.3. The Morgan fingerprint density at radius 1 is 0.855 bits per heavy atom. The number of rotatable bonds is 8. The fourth-order valence-corrected chi connectivity index (χ4v) is 12.4. The van der Waals surface area contributed by atoms with Crippen molar-refractivity contribution >= 4 is 11.9 Å². The molecule has 7 aliphatic rings. The normalized spacial score (nSPS) is 32.7. The monoisotopic (exact) mass is 743 g/mol. The van der Waals surface area contributed by atoms with E-state index in [-0.39, 0.29) is 29.8 Å². The van der Waals surface area contributed by atoms with Gasteiger partial charge in [-0.3, -0.25) is 4.79 Å². The zero-order valence-electron chi connectivity index (χ0n) is 33.3. The van der Waals surface area contributed by atoms with E-state index in [1.807, 2.05) is 60.4 Å². The van der Waals surface area contributed by atoms with Gasteiger partial charge in [-0.2, -0.15) is 0 Å². The van der Waals surface area contributed by atoms with Crippen molar-refractivity contribution in [2.45, 2.75) is 122 Å². The van der Waals surface area contributed by atoms with Gasteiger partial charge in [0.25, 0.3) is 0 Å². The fraction of sp³-hybridized carbons (Fsp3) is 0.551. The first kappa shape index (κ1) is 38.1. The maximum Gasteiger partial charge on any atom is 0.409 e. The number of aliphatic hydroxyl groups is 2. The molecule has 6 heteroatoms. The molecule has 0 aliphatic heterocycles. The molecule has 3 aromatic rings. The van der Waals surface area contributed by atoms with Crippen LogP contribution in [0.15, 0.2) is 84.4 Å². The van der Waals surface area contributed by atoms with Crippen LogP contribution in [0.3, 0.4) is 0 Å². The third kappa shape index (κ3) is 7.58. The molecule has 10 rings (SSSR count). The zero-order chi connectivity index (χ0) is 38.4. The summed E-state index contributed by atoms with van der Waals surface area (Å²) in [6.07, 6.45) is 13.7. The third-order valence-corrected chi connectivity index (χ3v) is 14.8. The number of fused-ring (bicyclic) bond motifs is 8. The second-order valence-corrected chi connectivity index (χ2v) is 18.7. The third-order valence-electron chi connectivity index (χ3n) is 14.8. The summed E-state index contributed by atoms with van der Waals surface area (Å²) < 4.78 is 5.76. The molecule has 0 aromatic heterocycles. The van der Waals surface area contributed by atoms with Gasteiger partial charge in [0, 0.05) is 23.1 Å². The van der Waals surface area contributed by atoms with Crippen molar-refractivity contribution in [3.05, 3.63) is 107 Å². The number of carbonyl (C=O) groups is 2. The molecule has 55 heavy (non-hydrogen) atoms. The van der Waals surface area contributed by atoms with Crippen LogP contribution in [0.5, 0.6) is 0 Å². The number of carbonyl (C=O) groups excluding carboxylic acids is 2. The maximum absolute atomic E-state index is 14.7. The van der Waals surface area contributed by atoms with Gasteiger partial charge in [0.15, 0.2) is 5.78 Å². The van der Waals surface area contributed by atoms with Crippen LogP contribution in [0.4, 0.5) is 4.79 Å². The molecular formula is C49H61NO5. The highest BCUT2D eigenvalue weighted by Crippen LogP contribution is 2.62. The highest BCUT2D eigenvalue weighted by Gasteiger charge is 2.59. The fourth-order valence-electron chi connectivity index (χ4n) is 12.4. The molecule has 5 saturated carbocycles. The van der Waals surface area contributed by atoms with Gasteiger partial charge < -0.3 is 19.8 Å². The lowest BCUT2D eigenvalue weighted by atomic mass is 9.49. The van der Waals surface area contributed by atoms with Crippen LogP contribution in [-0.4, -0.2) is 58.4 Å². The molecule has 6 nitrogen and oxygen atoms in total. The minimum absolute atomic E-state index is 0.0402. The minimum atomic E-state index is -1.18. The van der Waals surface area contributed by atoms with E-state index >= 15 is 0 Å². The molecular weight excluding hydrogens is 683 g/mol. The van der Waals surface area contributed by atoms with Crippen molar-refractivity contribution in [3.63, 3.8) is 0 Å². The van der Waals surface area contributed by atoms with E-state index < -0.39 is 17.1 Å². The Labute approximate surface area is 328 Å². The van der Waals surface area contributed by atoms with Crippen LogP contribution < -0.4 is 0 Å². The van der Waals surface area contributed by atoms with Gasteiger partial charge >= 0.3 is 6.09 Å². The van der Waals surface area contributed by atoms with E-state index in [1.165, 1.54) is 44.1 Å². The Morgan fingerprint density at radius 3 is 2.20 bits per heavy atom. The molecule has 0 spiro atoms. The average Bonchev–Trinajstić information content (AvgIpc) is 3.41. The lowest BCUT2D eigenvalue weighted by molar-refractivity contribution is -0.103. The van der Waals surface area contributed by atoms with Crippen LogP contribution >= 0.6 is 0 Å². The van der Waals surface area contributed by atoms with Crippen LogP contribution in [0, 0.1) is 28.6 Å². The number of allylic oxidation sites excluding steroid dienone is 2.